The van der Waals surface area contributed by atoms with Gasteiger partial charge in [-0.15, -0.1) is 0 Å². The first-order valence-corrected chi connectivity index (χ1v) is 7.40. The largest absolute Gasteiger partial charge is 0.379 e. The Morgan fingerprint density at radius 3 is 2.14 bits per heavy atom. The second-order valence-electron chi connectivity index (χ2n) is 5.81. The highest BCUT2D eigenvalue weighted by molar-refractivity contribution is 5.56. The Balaban J connectivity index is 2.03. The van der Waals surface area contributed by atoms with Gasteiger partial charge in [-0.25, -0.2) is 0 Å². The Morgan fingerprint density at radius 2 is 1.57 bits per heavy atom. The standard InChI is InChI=1S/C20H21N/c1-17-15-21(2)16-20(17,19-11-7-4-8-12-19)14-13-18-9-5-3-6-10-18/h3-15H,16H2,1-2H3/b14-13+. The van der Waals surface area contributed by atoms with E-state index in [1.165, 1.54) is 16.7 Å². The van der Waals surface area contributed by atoms with Crippen molar-refractivity contribution < 1.29 is 0 Å². The average molecular weight is 275 g/mol. The van der Waals surface area contributed by atoms with Crippen LogP contribution in [0, 0.1) is 0 Å². The Hall–Kier alpha value is -2.28. The van der Waals surface area contributed by atoms with E-state index in [-0.39, 0.29) is 5.41 Å². The van der Waals surface area contributed by atoms with Crippen molar-refractivity contribution in [3.8, 4) is 0 Å². The summed E-state index contributed by atoms with van der Waals surface area (Å²) >= 11 is 0. The molecule has 2 aromatic carbocycles. The fourth-order valence-electron chi connectivity index (χ4n) is 3.15. The van der Waals surface area contributed by atoms with Gasteiger partial charge >= 0.3 is 0 Å². The lowest BCUT2D eigenvalue weighted by molar-refractivity contribution is 0.434. The first kappa shape index (κ1) is 13.7. The first-order valence-electron chi connectivity index (χ1n) is 7.40. The Bertz CT molecular complexity index is 655. The molecule has 1 heterocycles. The van der Waals surface area contributed by atoms with Crippen LogP contribution in [-0.2, 0) is 5.41 Å². The van der Waals surface area contributed by atoms with E-state index in [0.717, 1.165) is 6.54 Å². The second kappa shape index (κ2) is 5.61. The molecule has 106 valence electrons. The van der Waals surface area contributed by atoms with Crippen molar-refractivity contribution in [1.82, 2.24) is 4.90 Å². The zero-order valence-electron chi connectivity index (χ0n) is 12.7. The minimum atomic E-state index is -0.0220. The van der Waals surface area contributed by atoms with Gasteiger partial charge in [0.2, 0.25) is 0 Å². The Labute approximate surface area is 127 Å². The zero-order valence-corrected chi connectivity index (χ0v) is 12.7. The van der Waals surface area contributed by atoms with Gasteiger partial charge in [-0.05, 0) is 29.8 Å². The maximum absolute atomic E-state index is 2.35. The maximum Gasteiger partial charge on any atom is 0.0533 e. The monoisotopic (exact) mass is 275 g/mol. The van der Waals surface area contributed by atoms with Crippen LogP contribution in [0.25, 0.3) is 6.08 Å². The molecule has 0 aliphatic carbocycles. The molecule has 0 radical (unpaired) electrons. The molecule has 0 saturated carbocycles. The van der Waals surface area contributed by atoms with Gasteiger partial charge in [0.1, 0.15) is 0 Å². The first-order chi connectivity index (χ1) is 10.2. The number of hydrogen-bond acceptors (Lipinski definition) is 1. The number of rotatable bonds is 3. The van der Waals surface area contributed by atoms with E-state index in [1.54, 1.807) is 0 Å². The summed E-state index contributed by atoms with van der Waals surface area (Å²) in [5, 5.41) is 0. The molecule has 1 atom stereocenters. The van der Waals surface area contributed by atoms with E-state index in [4.69, 9.17) is 0 Å². The lowest BCUT2D eigenvalue weighted by atomic mass is 9.76. The van der Waals surface area contributed by atoms with Crippen molar-refractivity contribution in [3.63, 3.8) is 0 Å². The van der Waals surface area contributed by atoms with Crippen LogP contribution in [0.15, 0.2) is 78.5 Å². The van der Waals surface area contributed by atoms with Gasteiger partial charge in [-0.1, -0.05) is 72.8 Å². The summed E-state index contributed by atoms with van der Waals surface area (Å²) in [6.45, 7) is 3.22. The third-order valence-corrected chi connectivity index (χ3v) is 4.27. The molecule has 0 N–H and O–H groups in total. The van der Waals surface area contributed by atoms with E-state index in [0.29, 0.717) is 0 Å². The van der Waals surface area contributed by atoms with E-state index in [2.05, 4.69) is 97.9 Å². The molecular weight excluding hydrogens is 254 g/mol. The molecule has 21 heavy (non-hydrogen) atoms. The van der Waals surface area contributed by atoms with Crippen LogP contribution in [0.4, 0.5) is 0 Å². The number of nitrogens with zero attached hydrogens (tertiary/aromatic N) is 1. The van der Waals surface area contributed by atoms with Crippen LogP contribution in [0.3, 0.4) is 0 Å². The minimum absolute atomic E-state index is 0.0220. The van der Waals surface area contributed by atoms with Gasteiger partial charge in [-0.2, -0.15) is 0 Å². The molecule has 1 aliphatic rings. The fraction of sp³-hybridized carbons (Fsp3) is 0.200. The summed E-state index contributed by atoms with van der Waals surface area (Å²) in [5.41, 5.74) is 3.97. The lowest BCUT2D eigenvalue weighted by Crippen LogP contribution is -2.30. The molecule has 1 heteroatoms. The van der Waals surface area contributed by atoms with Crippen LogP contribution >= 0.6 is 0 Å². The maximum atomic E-state index is 2.35. The minimum Gasteiger partial charge on any atom is -0.379 e. The molecule has 1 nitrogen and oxygen atoms in total. The molecule has 0 bridgehead atoms. The van der Waals surface area contributed by atoms with Gasteiger partial charge in [0.05, 0.1) is 5.41 Å². The highest BCUT2D eigenvalue weighted by Crippen LogP contribution is 2.39. The third kappa shape index (κ3) is 2.64. The van der Waals surface area contributed by atoms with Gasteiger partial charge in [-0.3, -0.25) is 0 Å². The number of likely N-dealkylation sites (N-methyl/N-ethyl adjacent to an activating group) is 1. The summed E-state index contributed by atoms with van der Waals surface area (Å²) in [6, 6.07) is 21.3. The zero-order chi connectivity index (χ0) is 14.7. The van der Waals surface area contributed by atoms with Crippen molar-refractivity contribution in [2.24, 2.45) is 0 Å². The fourth-order valence-corrected chi connectivity index (χ4v) is 3.15. The van der Waals surface area contributed by atoms with Crippen LogP contribution in [0.5, 0.6) is 0 Å². The average Bonchev–Trinajstić information content (AvgIpc) is 2.82. The smallest absolute Gasteiger partial charge is 0.0533 e. The molecule has 0 amide bonds. The molecule has 0 spiro atoms. The number of benzene rings is 2. The van der Waals surface area contributed by atoms with Gasteiger partial charge in [0.25, 0.3) is 0 Å². The molecule has 0 fully saturated rings. The molecule has 0 aromatic heterocycles. The van der Waals surface area contributed by atoms with Crippen LogP contribution in [0.1, 0.15) is 18.1 Å². The molecule has 0 saturated heterocycles. The highest BCUT2D eigenvalue weighted by atomic mass is 15.1. The molecule has 3 rings (SSSR count). The van der Waals surface area contributed by atoms with E-state index < -0.39 is 0 Å². The van der Waals surface area contributed by atoms with Crippen LogP contribution in [-0.4, -0.2) is 18.5 Å². The topological polar surface area (TPSA) is 3.24 Å². The van der Waals surface area contributed by atoms with Crippen molar-refractivity contribution in [3.05, 3.63) is 89.6 Å². The third-order valence-electron chi connectivity index (χ3n) is 4.27. The highest BCUT2D eigenvalue weighted by Gasteiger charge is 2.36. The quantitative estimate of drug-likeness (QED) is 0.798. The summed E-state index contributed by atoms with van der Waals surface area (Å²) < 4.78 is 0. The Morgan fingerprint density at radius 1 is 0.952 bits per heavy atom. The molecule has 1 aliphatic heterocycles. The predicted molar refractivity (Wildman–Crippen MR) is 90.0 cm³/mol. The lowest BCUT2D eigenvalue weighted by Gasteiger charge is -2.29. The molecular formula is C20H21N. The van der Waals surface area contributed by atoms with Gasteiger partial charge in [0.15, 0.2) is 0 Å². The van der Waals surface area contributed by atoms with Gasteiger partial charge < -0.3 is 4.90 Å². The summed E-state index contributed by atoms with van der Waals surface area (Å²) in [4.78, 5) is 2.28. The van der Waals surface area contributed by atoms with E-state index in [9.17, 15) is 0 Å². The summed E-state index contributed by atoms with van der Waals surface area (Å²) in [5.74, 6) is 0. The predicted octanol–water partition coefficient (Wildman–Crippen LogP) is 4.49. The van der Waals surface area contributed by atoms with Crippen molar-refractivity contribution in [1.29, 1.82) is 0 Å². The van der Waals surface area contributed by atoms with E-state index >= 15 is 0 Å². The second-order valence-corrected chi connectivity index (χ2v) is 5.81. The van der Waals surface area contributed by atoms with E-state index in [1.807, 2.05) is 0 Å². The SMILES string of the molecule is CC1=CN(C)CC1(/C=C/c1ccccc1)c1ccccc1. The Kier molecular flexibility index (Phi) is 3.66. The molecule has 2 aromatic rings. The van der Waals surface area contributed by atoms with Crippen molar-refractivity contribution >= 4 is 6.08 Å². The van der Waals surface area contributed by atoms with Crippen LogP contribution in [0.2, 0.25) is 0 Å². The molecule has 1 unspecified atom stereocenters. The van der Waals surface area contributed by atoms with Crippen LogP contribution < -0.4 is 0 Å². The van der Waals surface area contributed by atoms with Gasteiger partial charge in [0, 0.05) is 13.6 Å². The van der Waals surface area contributed by atoms with Crippen molar-refractivity contribution in [2.45, 2.75) is 12.3 Å². The normalized spacial score (nSPS) is 21.8. The summed E-state index contributed by atoms with van der Waals surface area (Å²) in [6.07, 6.45) is 6.85. The number of hydrogen-bond donors (Lipinski definition) is 0. The summed E-state index contributed by atoms with van der Waals surface area (Å²) in [7, 11) is 2.14. The van der Waals surface area contributed by atoms with Crippen molar-refractivity contribution in [2.75, 3.05) is 13.6 Å².